The molecule has 0 aliphatic carbocycles. The SMILES string of the molecule is CN1C2CCC1CC(CNc1ccc(C(N)=O)cn1)C2. The van der Waals surface area contributed by atoms with Gasteiger partial charge in [0.15, 0.2) is 0 Å². The molecule has 2 aliphatic heterocycles. The van der Waals surface area contributed by atoms with Crippen molar-refractivity contribution in [3.8, 4) is 0 Å². The Labute approximate surface area is 119 Å². The maximum atomic E-state index is 11.0. The molecule has 5 heteroatoms. The van der Waals surface area contributed by atoms with E-state index in [4.69, 9.17) is 5.73 Å². The van der Waals surface area contributed by atoms with E-state index < -0.39 is 5.91 Å². The van der Waals surface area contributed by atoms with Gasteiger partial charge in [0.2, 0.25) is 5.91 Å². The van der Waals surface area contributed by atoms with Gasteiger partial charge in [-0.25, -0.2) is 4.98 Å². The molecule has 0 saturated carbocycles. The van der Waals surface area contributed by atoms with Crippen LogP contribution in [0, 0.1) is 5.92 Å². The Balaban J connectivity index is 1.54. The minimum atomic E-state index is -0.434. The molecule has 0 spiro atoms. The van der Waals surface area contributed by atoms with Crippen LogP contribution in [0.15, 0.2) is 18.3 Å². The third-order valence-corrected chi connectivity index (χ3v) is 4.82. The highest BCUT2D eigenvalue weighted by atomic mass is 16.1. The number of amides is 1. The third-order valence-electron chi connectivity index (χ3n) is 4.82. The lowest BCUT2D eigenvalue weighted by atomic mass is 9.91. The molecule has 2 fully saturated rings. The van der Waals surface area contributed by atoms with Crippen molar-refractivity contribution >= 4 is 11.7 Å². The van der Waals surface area contributed by atoms with E-state index in [0.29, 0.717) is 5.56 Å². The number of carbonyl (C=O) groups is 1. The Kier molecular flexibility index (Phi) is 3.61. The summed E-state index contributed by atoms with van der Waals surface area (Å²) in [5, 5.41) is 3.38. The quantitative estimate of drug-likeness (QED) is 0.872. The fourth-order valence-electron chi connectivity index (χ4n) is 3.58. The van der Waals surface area contributed by atoms with E-state index in [1.807, 2.05) is 6.07 Å². The first-order valence-corrected chi connectivity index (χ1v) is 7.35. The summed E-state index contributed by atoms with van der Waals surface area (Å²) in [6, 6.07) is 5.08. The van der Waals surface area contributed by atoms with Gasteiger partial charge in [-0.05, 0) is 50.8 Å². The number of nitrogens with one attached hydrogen (secondary N) is 1. The number of carbonyl (C=O) groups excluding carboxylic acids is 1. The second-order valence-corrected chi connectivity index (χ2v) is 6.07. The van der Waals surface area contributed by atoms with Crippen LogP contribution in [0.5, 0.6) is 0 Å². The molecule has 2 unspecified atom stereocenters. The average Bonchev–Trinajstić information content (AvgIpc) is 2.66. The van der Waals surface area contributed by atoms with Gasteiger partial charge in [0.25, 0.3) is 0 Å². The fourth-order valence-corrected chi connectivity index (χ4v) is 3.58. The molecule has 1 aromatic heterocycles. The van der Waals surface area contributed by atoms with E-state index in [9.17, 15) is 4.79 Å². The Morgan fingerprint density at radius 3 is 2.65 bits per heavy atom. The average molecular weight is 274 g/mol. The number of hydrogen-bond donors (Lipinski definition) is 2. The summed E-state index contributed by atoms with van der Waals surface area (Å²) in [5.74, 6) is 1.11. The molecule has 1 amide bonds. The minimum Gasteiger partial charge on any atom is -0.370 e. The van der Waals surface area contributed by atoms with Crippen LogP contribution in [0.25, 0.3) is 0 Å². The van der Waals surface area contributed by atoms with Gasteiger partial charge < -0.3 is 16.0 Å². The standard InChI is InChI=1S/C15H22N4O/c1-19-12-3-4-13(19)7-10(6-12)8-17-14-5-2-11(9-18-14)15(16)20/h2,5,9-10,12-13H,3-4,6-8H2,1H3,(H2,16,20)(H,17,18). The van der Waals surface area contributed by atoms with E-state index in [0.717, 1.165) is 30.4 Å². The monoisotopic (exact) mass is 274 g/mol. The summed E-state index contributed by atoms with van der Waals surface area (Å²) >= 11 is 0. The number of fused-ring (bicyclic) bond motifs is 2. The van der Waals surface area contributed by atoms with Gasteiger partial charge in [0.05, 0.1) is 5.56 Å². The zero-order chi connectivity index (χ0) is 14.1. The zero-order valence-corrected chi connectivity index (χ0v) is 11.9. The first-order chi connectivity index (χ1) is 9.63. The van der Waals surface area contributed by atoms with Crippen molar-refractivity contribution in [2.24, 2.45) is 11.7 Å². The summed E-state index contributed by atoms with van der Waals surface area (Å²) in [6.07, 6.45) is 6.79. The Hall–Kier alpha value is -1.62. The highest BCUT2D eigenvalue weighted by Gasteiger charge is 2.38. The number of nitrogens with two attached hydrogens (primary N) is 1. The van der Waals surface area contributed by atoms with Crippen molar-refractivity contribution < 1.29 is 4.79 Å². The largest absolute Gasteiger partial charge is 0.370 e. The molecule has 2 bridgehead atoms. The molecule has 3 heterocycles. The van der Waals surface area contributed by atoms with Gasteiger partial charge in [-0.15, -0.1) is 0 Å². The first kappa shape index (κ1) is 13.4. The lowest BCUT2D eigenvalue weighted by molar-refractivity contribution is 0.1000. The molecule has 3 N–H and O–H groups in total. The third kappa shape index (κ3) is 2.63. The molecule has 3 rings (SSSR count). The lowest BCUT2D eigenvalue weighted by Crippen LogP contribution is -2.41. The number of pyridine rings is 1. The van der Waals surface area contributed by atoms with Crippen LogP contribution >= 0.6 is 0 Å². The van der Waals surface area contributed by atoms with Crippen LogP contribution in [0.2, 0.25) is 0 Å². The van der Waals surface area contributed by atoms with E-state index in [1.165, 1.54) is 31.9 Å². The predicted octanol–water partition coefficient (Wildman–Crippen LogP) is 1.47. The van der Waals surface area contributed by atoms with Crippen molar-refractivity contribution in [2.75, 3.05) is 18.9 Å². The normalized spacial score (nSPS) is 29.4. The van der Waals surface area contributed by atoms with Crippen molar-refractivity contribution in [3.05, 3.63) is 23.9 Å². The van der Waals surface area contributed by atoms with Crippen molar-refractivity contribution in [1.82, 2.24) is 9.88 Å². The highest BCUT2D eigenvalue weighted by molar-refractivity contribution is 5.92. The number of anilines is 1. The number of primary amides is 1. The maximum absolute atomic E-state index is 11.0. The minimum absolute atomic E-state index is 0.434. The summed E-state index contributed by atoms with van der Waals surface area (Å²) < 4.78 is 0. The van der Waals surface area contributed by atoms with Crippen LogP contribution < -0.4 is 11.1 Å². The topological polar surface area (TPSA) is 71.2 Å². The Morgan fingerprint density at radius 1 is 1.40 bits per heavy atom. The van der Waals surface area contributed by atoms with Gasteiger partial charge in [-0.1, -0.05) is 0 Å². The summed E-state index contributed by atoms with van der Waals surface area (Å²) in [4.78, 5) is 17.8. The van der Waals surface area contributed by atoms with Crippen LogP contribution in [0.3, 0.4) is 0 Å². The summed E-state index contributed by atoms with van der Waals surface area (Å²) in [5.41, 5.74) is 5.65. The number of nitrogens with zero attached hydrogens (tertiary/aromatic N) is 2. The van der Waals surface area contributed by atoms with Gasteiger partial charge in [0, 0.05) is 24.8 Å². The summed E-state index contributed by atoms with van der Waals surface area (Å²) in [6.45, 7) is 0.962. The molecule has 0 aromatic carbocycles. The zero-order valence-electron chi connectivity index (χ0n) is 11.9. The van der Waals surface area contributed by atoms with Crippen molar-refractivity contribution in [1.29, 1.82) is 0 Å². The highest BCUT2D eigenvalue weighted by Crippen LogP contribution is 2.37. The smallest absolute Gasteiger partial charge is 0.250 e. The fraction of sp³-hybridized carbons (Fsp3) is 0.600. The molecule has 0 radical (unpaired) electrons. The van der Waals surface area contributed by atoms with Gasteiger partial charge in [-0.2, -0.15) is 0 Å². The van der Waals surface area contributed by atoms with Gasteiger partial charge >= 0.3 is 0 Å². The Morgan fingerprint density at radius 2 is 2.10 bits per heavy atom. The van der Waals surface area contributed by atoms with E-state index >= 15 is 0 Å². The van der Waals surface area contributed by atoms with Crippen LogP contribution in [0.1, 0.15) is 36.0 Å². The molecule has 108 valence electrons. The van der Waals surface area contributed by atoms with E-state index in [-0.39, 0.29) is 0 Å². The molecule has 5 nitrogen and oxygen atoms in total. The number of rotatable bonds is 4. The lowest BCUT2D eigenvalue weighted by Gasteiger charge is -2.36. The number of hydrogen-bond acceptors (Lipinski definition) is 4. The van der Waals surface area contributed by atoms with E-state index in [1.54, 1.807) is 6.07 Å². The number of aromatic nitrogens is 1. The second kappa shape index (κ2) is 5.40. The summed E-state index contributed by atoms with van der Waals surface area (Å²) in [7, 11) is 2.26. The molecular weight excluding hydrogens is 252 g/mol. The molecule has 2 saturated heterocycles. The van der Waals surface area contributed by atoms with Crippen LogP contribution in [0.4, 0.5) is 5.82 Å². The first-order valence-electron chi connectivity index (χ1n) is 7.35. The van der Waals surface area contributed by atoms with Gasteiger partial charge in [-0.3, -0.25) is 4.79 Å². The molecule has 1 aromatic rings. The second-order valence-electron chi connectivity index (χ2n) is 6.07. The van der Waals surface area contributed by atoms with Gasteiger partial charge in [0.1, 0.15) is 5.82 Å². The predicted molar refractivity (Wildman–Crippen MR) is 78.5 cm³/mol. The molecule has 2 aliphatic rings. The molecular formula is C15H22N4O. The van der Waals surface area contributed by atoms with Crippen molar-refractivity contribution in [2.45, 2.75) is 37.8 Å². The van der Waals surface area contributed by atoms with Crippen molar-refractivity contribution in [3.63, 3.8) is 0 Å². The maximum Gasteiger partial charge on any atom is 0.250 e. The van der Waals surface area contributed by atoms with Crippen LogP contribution in [-0.2, 0) is 0 Å². The van der Waals surface area contributed by atoms with E-state index in [2.05, 4.69) is 22.2 Å². The molecule has 2 atom stereocenters. The number of piperidine rings is 1. The molecule has 20 heavy (non-hydrogen) atoms. The van der Waals surface area contributed by atoms with Crippen LogP contribution in [-0.4, -0.2) is 41.5 Å². The Bertz CT molecular complexity index is 473.